The molecule has 1 rings (SSSR count). The average Bonchev–Trinajstić information content (AvgIpc) is 2.63. The fourth-order valence-corrected chi connectivity index (χ4v) is 1.01. The van der Waals surface area contributed by atoms with Gasteiger partial charge < -0.3 is 20.2 Å². The van der Waals surface area contributed by atoms with E-state index >= 15 is 0 Å². The van der Waals surface area contributed by atoms with Crippen molar-refractivity contribution >= 4 is 24.8 Å². The van der Waals surface area contributed by atoms with E-state index < -0.39 is 0 Å². The number of hydrogen-bond donors (Lipinski definition) is 3. The Kier molecular flexibility index (Phi) is 13.5. The lowest BCUT2D eigenvalue weighted by molar-refractivity contribution is 0.292. The molecule has 0 fully saturated rings. The number of nitrogens with one attached hydrogen (secondary N) is 2. The summed E-state index contributed by atoms with van der Waals surface area (Å²) in [5.41, 5.74) is 0. The van der Waals surface area contributed by atoms with Gasteiger partial charge >= 0.3 is 0 Å². The first-order valence-corrected chi connectivity index (χ1v) is 4.48. The topological polar surface area (TPSA) is 57.4 Å². The molecular formula is C9H18Cl2N2O2. The van der Waals surface area contributed by atoms with Crippen LogP contribution in [0.1, 0.15) is 5.76 Å². The van der Waals surface area contributed by atoms with Gasteiger partial charge in [-0.25, -0.2) is 0 Å². The second kappa shape index (κ2) is 11.8. The summed E-state index contributed by atoms with van der Waals surface area (Å²) in [5, 5.41) is 14.8. The van der Waals surface area contributed by atoms with E-state index in [0.717, 1.165) is 25.4 Å². The van der Waals surface area contributed by atoms with Crippen LogP contribution in [0.3, 0.4) is 0 Å². The van der Waals surface area contributed by atoms with Crippen LogP contribution < -0.4 is 10.6 Å². The largest absolute Gasteiger partial charge is 0.468 e. The fourth-order valence-electron chi connectivity index (χ4n) is 1.01. The van der Waals surface area contributed by atoms with Crippen LogP contribution in [0, 0.1) is 0 Å². The lowest BCUT2D eigenvalue weighted by atomic mass is 10.4. The monoisotopic (exact) mass is 256 g/mol. The normalized spacial score (nSPS) is 9.13. The standard InChI is InChI=1S/C9H16N2O2.2ClH/c12-6-5-10-3-4-11-8-9-2-1-7-13-9;;/h1-2,7,10-12H,3-6,8H2;2*1H. The van der Waals surface area contributed by atoms with Gasteiger partial charge in [-0.15, -0.1) is 24.8 Å². The van der Waals surface area contributed by atoms with E-state index in [-0.39, 0.29) is 31.4 Å². The highest BCUT2D eigenvalue weighted by Crippen LogP contribution is 1.97. The molecule has 6 heteroatoms. The van der Waals surface area contributed by atoms with E-state index in [1.165, 1.54) is 0 Å². The molecule has 0 amide bonds. The maximum Gasteiger partial charge on any atom is 0.117 e. The van der Waals surface area contributed by atoms with Crippen LogP contribution in [0.2, 0.25) is 0 Å². The van der Waals surface area contributed by atoms with E-state index in [0.29, 0.717) is 6.54 Å². The van der Waals surface area contributed by atoms with Gasteiger partial charge in [-0.2, -0.15) is 0 Å². The first-order chi connectivity index (χ1) is 6.43. The molecule has 4 nitrogen and oxygen atoms in total. The number of hydrogen-bond acceptors (Lipinski definition) is 4. The third-order valence-electron chi connectivity index (χ3n) is 1.65. The fraction of sp³-hybridized carbons (Fsp3) is 0.556. The molecule has 1 aromatic heterocycles. The van der Waals surface area contributed by atoms with Crippen molar-refractivity contribution in [2.24, 2.45) is 0 Å². The summed E-state index contributed by atoms with van der Waals surface area (Å²) in [5.74, 6) is 0.946. The number of rotatable bonds is 7. The number of aliphatic hydroxyl groups is 1. The molecule has 0 radical (unpaired) electrons. The van der Waals surface area contributed by atoms with Crippen molar-refractivity contribution in [1.82, 2.24) is 10.6 Å². The first-order valence-electron chi connectivity index (χ1n) is 4.48. The second-order valence-corrected chi connectivity index (χ2v) is 2.73. The van der Waals surface area contributed by atoms with Crippen molar-refractivity contribution in [3.8, 4) is 0 Å². The number of halogens is 2. The maximum absolute atomic E-state index is 8.48. The molecule has 1 heterocycles. The second-order valence-electron chi connectivity index (χ2n) is 2.73. The van der Waals surface area contributed by atoms with Crippen molar-refractivity contribution in [1.29, 1.82) is 0 Å². The van der Waals surface area contributed by atoms with Crippen LogP contribution in [0.4, 0.5) is 0 Å². The van der Waals surface area contributed by atoms with Gasteiger partial charge in [0.05, 0.1) is 19.4 Å². The van der Waals surface area contributed by atoms with Crippen LogP contribution >= 0.6 is 24.8 Å². The van der Waals surface area contributed by atoms with Gasteiger partial charge in [-0.05, 0) is 12.1 Å². The summed E-state index contributed by atoms with van der Waals surface area (Å²) in [6, 6.07) is 3.81. The SMILES string of the molecule is Cl.Cl.OCCNCCNCc1ccco1. The predicted octanol–water partition coefficient (Wildman–Crippen LogP) is 0.795. The van der Waals surface area contributed by atoms with Gasteiger partial charge in [0.25, 0.3) is 0 Å². The highest BCUT2D eigenvalue weighted by molar-refractivity contribution is 5.85. The maximum atomic E-state index is 8.48. The van der Waals surface area contributed by atoms with Crippen LogP contribution in [0.25, 0.3) is 0 Å². The van der Waals surface area contributed by atoms with Gasteiger partial charge in [-0.1, -0.05) is 0 Å². The van der Waals surface area contributed by atoms with Gasteiger partial charge in [0.2, 0.25) is 0 Å². The summed E-state index contributed by atoms with van der Waals surface area (Å²) in [4.78, 5) is 0. The predicted molar refractivity (Wildman–Crippen MR) is 64.9 cm³/mol. The van der Waals surface area contributed by atoms with Crippen LogP contribution in [-0.2, 0) is 6.54 Å². The highest BCUT2D eigenvalue weighted by atomic mass is 35.5. The Balaban J connectivity index is 0. The van der Waals surface area contributed by atoms with E-state index in [2.05, 4.69) is 10.6 Å². The lowest BCUT2D eigenvalue weighted by Gasteiger charge is -2.03. The Hall–Kier alpha value is -0.260. The molecule has 90 valence electrons. The van der Waals surface area contributed by atoms with Crippen molar-refractivity contribution < 1.29 is 9.52 Å². The van der Waals surface area contributed by atoms with Crippen molar-refractivity contribution in [3.05, 3.63) is 24.2 Å². The third kappa shape index (κ3) is 8.72. The van der Waals surface area contributed by atoms with E-state index in [1.807, 2.05) is 12.1 Å². The highest BCUT2D eigenvalue weighted by Gasteiger charge is 1.92. The van der Waals surface area contributed by atoms with Gasteiger partial charge in [0.15, 0.2) is 0 Å². The molecule has 0 saturated heterocycles. The summed E-state index contributed by atoms with van der Waals surface area (Å²) < 4.78 is 5.14. The molecule has 0 aliphatic heterocycles. The Morgan fingerprint density at radius 1 is 1.13 bits per heavy atom. The quantitative estimate of drug-likeness (QED) is 0.632. The van der Waals surface area contributed by atoms with Crippen molar-refractivity contribution in [3.63, 3.8) is 0 Å². The summed E-state index contributed by atoms with van der Waals surface area (Å²) in [7, 11) is 0. The molecule has 3 N–H and O–H groups in total. The molecule has 0 aliphatic rings. The van der Waals surface area contributed by atoms with E-state index in [1.54, 1.807) is 6.26 Å². The molecule has 0 aromatic carbocycles. The smallest absolute Gasteiger partial charge is 0.117 e. The Bertz CT molecular complexity index is 208. The van der Waals surface area contributed by atoms with Gasteiger partial charge in [0.1, 0.15) is 5.76 Å². The molecule has 1 aromatic rings. The van der Waals surface area contributed by atoms with E-state index in [4.69, 9.17) is 9.52 Å². The van der Waals surface area contributed by atoms with Crippen LogP contribution in [-0.4, -0.2) is 31.3 Å². The molecule has 0 aliphatic carbocycles. The minimum atomic E-state index is 0. The van der Waals surface area contributed by atoms with Gasteiger partial charge in [0, 0.05) is 19.6 Å². The molecule has 0 spiro atoms. The zero-order valence-electron chi connectivity index (χ0n) is 8.44. The first kappa shape index (κ1) is 17.1. The van der Waals surface area contributed by atoms with Crippen LogP contribution in [0.5, 0.6) is 0 Å². The lowest BCUT2D eigenvalue weighted by Crippen LogP contribution is -2.28. The van der Waals surface area contributed by atoms with E-state index in [9.17, 15) is 0 Å². The number of furan rings is 1. The Labute approximate surface area is 102 Å². The zero-order chi connectivity index (χ0) is 9.36. The summed E-state index contributed by atoms with van der Waals surface area (Å²) in [6.45, 7) is 3.34. The molecule has 0 unspecified atom stereocenters. The average molecular weight is 257 g/mol. The zero-order valence-corrected chi connectivity index (χ0v) is 10.1. The molecule has 15 heavy (non-hydrogen) atoms. The minimum absolute atomic E-state index is 0. The summed E-state index contributed by atoms with van der Waals surface area (Å²) >= 11 is 0. The molecule has 0 atom stereocenters. The van der Waals surface area contributed by atoms with Crippen LogP contribution in [0.15, 0.2) is 22.8 Å². The Morgan fingerprint density at radius 2 is 1.87 bits per heavy atom. The minimum Gasteiger partial charge on any atom is -0.468 e. The molecule has 0 bridgehead atoms. The van der Waals surface area contributed by atoms with Crippen molar-refractivity contribution in [2.75, 3.05) is 26.2 Å². The summed E-state index contributed by atoms with van der Waals surface area (Å²) in [6.07, 6.45) is 1.67. The third-order valence-corrected chi connectivity index (χ3v) is 1.65. The van der Waals surface area contributed by atoms with Crippen molar-refractivity contribution in [2.45, 2.75) is 6.54 Å². The Morgan fingerprint density at radius 3 is 2.47 bits per heavy atom. The number of aliphatic hydroxyl groups excluding tert-OH is 1. The molecular weight excluding hydrogens is 239 g/mol. The van der Waals surface area contributed by atoms with Gasteiger partial charge in [-0.3, -0.25) is 0 Å². The molecule has 0 saturated carbocycles.